The molecule has 2 nitrogen and oxygen atoms in total. The van der Waals surface area contributed by atoms with Crippen LogP contribution in [0.4, 0.5) is 34.1 Å². The summed E-state index contributed by atoms with van der Waals surface area (Å²) in [7, 11) is 0. The molecule has 10 aromatic carbocycles. The highest BCUT2D eigenvalue weighted by Crippen LogP contribution is 2.67. The summed E-state index contributed by atoms with van der Waals surface area (Å²) < 4.78 is 1.31. The molecule has 1 heterocycles. The van der Waals surface area contributed by atoms with Gasteiger partial charge in [-0.15, -0.1) is 11.3 Å². The zero-order valence-electron chi connectivity index (χ0n) is 33.7. The van der Waals surface area contributed by atoms with Gasteiger partial charge in [0.15, 0.2) is 0 Å². The lowest BCUT2D eigenvalue weighted by Gasteiger charge is -2.32. The minimum atomic E-state index is -0.513. The second-order valence-corrected chi connectivity index (χ2v) is 17.4. The Hall–Kier alpha value is -7.72. The first kappa shape index (κ1) is 35.1. The number of hydrogen-bond acceptors (Lipinski definition) is 3. The van der Waals surface area contributed by atoms with Crippen LogP contribution in [0, 0.1) is 0 Å². The summed E-state index contributed by atoms with van der Waals surface area (Å²) in [4.78, 5) is 6.26. The second-order valence-electron chi connectivity index (χ2n) is 16.4. The van der Waals surface area contributed by atoms with Gasteiger partial charge in [0, 0.05) is 54.3 Å². The van der Waals surface area contributed by atoms with Crippen LogP contribution >= 0.6 is 11.3 Å². The molecule has 0 amide bonds. The van der Waals surface area contributed by atoms with Crippen molar-refractivity contribution in [3.05, 3.63) is 252 Å². The molecular weight excluding hydrogens is 769 g/mol. The van der Waals surface area contributed by atoms with Gasteiger partial charge >= 0.3 is 0 Å². The Morgan fingerprint density at radius 1 is 0.323 bits per heavy atom. The van der Waals surface area contributed by atoms with Gasteiger partial charge in [0.1, 0.15) is 0 Å². The number of fused-ring (bicyclic) bond motifs is 15. The molecule has 11 aromatic rings. The van der Waals surface area contributed by atoms with Crippen LogP contribution < -0.4 is 9.80 Å². The third-order valence-electron chi connectivity index (χ3n) is 13.2. The van der Waals surface area contributed by atoms with E-state index in [-0.39, 0.29) is 0 Å². The molecule has 62 heavy (non-hydrogen) atoms. The largest absolute Gasteiger partial charge is 0.310 e. The molecule has 0 aliphatic heterocycles. The maximum Gasteiger partial charge on any atom is 0.0820 e. The molecule has 1 unspecified atom stereocenters. The SMILES string of the molecule is c1ccc(N(c2ccccc2)c2ccc3c(c2)C2(c4ccccc4-3)c3ccc(N(c4ccccc4)c4cc5ccccc5c5ccccc45)cc3-c3c2sc2ccccc32)cc1. The number of para-hydroxylation sites is 3. The van der Waals surface area contributed by atoms with E-state index in [4.69, 9.17) is 0 Å². The molecule has 0 saturated carbocycles. The highest BCUT2D eigenvalue weighted by Gasteiger charge is 2.53. The van der Waals surface area contributed by atoms with E-state index in [0.29, 0.717) is 0 Å². The number of anilines is 6. The van der Waals surface area contributed by atoms with Crippen LogP contribution in [0.5, 0.6) is 0 Å². The topological polar surface area (TPSA) is 6.48 Å². The molecule has 2 aliphatic carbocycles. The lowest BCUT2D eigenvalue weighted by Crippen LogP contribution is -2.25. The fraction of sp³-hybridized carbons (Fsp3) is 0.0169. The first-order chi connectivity index (χ1) is 30.8. The number of nitrogens with zero attached hydrogens (tertiary/aromatic N) is 2. The summed E-state index contributed by atoms with van der Waals surface area (Å²) >= 11 is 1.96. The lowest BCUT2D eigenvalue weighted by atomic mass is 9.73. The maximum absolute atomic E-state index is 2.49. The van der Waals surface area contributed by atoms with Gasteiger partial charge in [-0.3, -0.25) is 0 Å². The monoisotopic (exact) mass is 806 g/mol. The zero-order valence-corrected chi connectivity index (χ0v) is 34.6. The minimum Gasteiger partial charge on any atom is -0.310 e. The number of benzene rings is 10. The van der Waals surface area contributed by atoms with Crippen molar-refractivity contribution >= 4 is 77.1 Å². The maximum atomic E-state index is 2.49. The van der Waals surface area contributed by atoms with Crippen molar-refractivity contribution < 1.29 is 0 Å². The molecule has 0 fully saturated rings. The van der Waals surface area contributed by atoms with Crippen LogP contribution in [-0.2, 0) is 5.41 Å². The van der Waals surface area contributed by atoms with Crippen LogP contribution in [0.1, 0.15) is 21.6 Å². The summed E-state index contributed by atoms with van der Waals surface area (Å²) in [5.74, 6) is 0. The van der Waals surface area contributed by atoms with Gasteiger partial charge in [-0.1, -0.05) is 158 Å². The van der Waals surface area contributed by atoms with Crippen LogP contribution in [0.25, 0.3) is 53.9 Å². The van der Waals surface area contributed by atoms with Gasteiger partial charge in [0.2, 0.25) is 0 Å². The Morgan fingerprint density at radius 3 is 1.60 bits per heavy atom. The Morgan fingerprint density at radius 2 is 0.855 bits per heavy atom. The molecule has 1 atom stereocenters. The van der Waals surface area contributed by atoms with Gasteiger partial charge < -0.3 is 9.80 Å². The Labute approximate surface area is 364 Å². The molecule has 2 aliphatic rings. The van der Waals surface area contributed by atoms with Crippen molar-refractivity contribution in [2.45, 2.75) is 5.41 Å². The number of hydrogen-bond donors (Lipinski definition) is 0. The summed E-state index contributed by atoms with van der Waals surface area (Å²) in [6.07, 6.45) is 0. The van der Waals surface area contributed by atoms with E-state index in [2.05, 4.69) is 240 Å². The predicted molar refractivity (Wildman–Crippen MR) is 263 cm³/mol. The molecule has 13 rings (SSSR count). The van der Waals surface area contributed by atoms with E-state index < -0.39 is 5.41 Å². The minimum absolute atomic E-state index is 0.513. The number of rotatable bonds is 6. The number of thiophene rings is 1. The van der Waals surface area contributed by atoms with Crippen LogP contribution in [0.15, 0.2) is 231 Å². The van der Waals surface area contributed by atoms with Crippen molar-refractivity contribution in [2.24, 2.45) is 0 Å². The highest BCUT2D eigenvalue weighted by atomic mass is 32.1. The van der Waals surface area contributed by atoms with Crippen LogP contribution in [0.3, 0.4) is 0 Å². The summed E-state index contributed by atoms with van der Waals surface area (Å²) in [6, 6.07) is 85.1. The van der Waals surface area contributed by atoms with Crippen molar-refractivity contribution in [3.63, 3.8) is 0 Å². The Kier molecular flexibility index (Phi) is 7.72. The zero-order chi connectivity index (χ0) is 40.8. The third kappa shape index (κ3) is 4.97. The van der Waals surface area contributed by atoms with E-state index >= 15 is 0 Å². The first-order valence-corrected chi connectivity index (χ1v) is 22.2. The Balaban J connectivity index is 1.10. The van der Waals surface area contributed by atoms with Crippen molar-refractivity contribution in [3.8, 4) is 22.3 Å². The average molecular weight is 807 g/mol. The quantitative estimate of drug-likeness (QED) is 0.154. The molecule has 3 heteroatoms. The van der Waals surface area contributed by atoms with Crippen LogP contribution in [0.2, 0.25) is 0 Å². The van der Waals surface area contributed by atoms with Crippen molar-refractivity contribution in [1.29, 1.82) is 0 Å². The van der Waals surface area contributed by atoms with Gasteiger partial charge in [0.25, 0.3) is 0 Å². The van der Waals surface area contributed by atoms with Gasteiger partial charge in [-0.05, 0) is 122 Å². The molecule has 0 saturated heterocycles. The normalized spacial score (nSPS) is 14.5. The van der Waals surface area contributed by atoms with Crippen molar-refractivity contribution in [1.82, 2.24) is 0 Å². The predicted octanol–water partition coefficient (Wildman–Crippen LogP) is 16.5. The van der Waals surface area contributed by atoms with E-state index in [1.807, 2.05) is 11.3 Å². The van der Waals surface area contributed by atoms with Gasteiger partial charge in [-0.2, -0.15) is 0 Å². The molecule has 0 radical (unpaired) electrons. The Bertz CT molecular complexity index is 3500. The molecule has 1 spiro atoms. The van der Waals surface area contributed by atoms with Crippen molar-refractivity contribution in [2.75, 3.05) is 9.80 Å². The first-order valence-electron chi connectivity index (χ1n) is 21.3. The fourth-order valence-corrected chi connectivity index (χ4v) is 12.1. The standard InChI is InChI=1S/C59H38N2S/c1-4-19-40(20-5-1)60(41-21-6-2-7-22-41)44-32-34-48-47-27-14-16-30-52(47)59(54(48)38-44)53-35-33-43(37-51(53)57-50-29-15-17-31-56(50)62-58(57)59)61(42-23-8-3-9-24-42)55-36-39-18-10-11-25-45(39)46-26-12-13-28-49(46)55/h1-38H. The fourth-order valence-electron chi connectivity index (χ4n) is 10.7. The van der Waals surface area contributed by atoms with E-state index in [9.17, 15) is 0 Å². The average Bonchev–Trinajstić information content (AvgIpc) is 3.96. The summed E-state index contributed by atoms with van der Waals surface area (Å²) in [5, 5.41) is 6.27. The van der Waals surface area contributed by atoms with E-state index in [0.717, 1.165) is 34.1 Å². The highest BCUT2D eigenvalue weighted by molar-refractivity contribution is 7.20. The molecule has 0 N–H and O–H groups in total. The smallest absolute Gasteiger partial charge is 0.0820 e. The summed E-state index contributed by atoms with van der Waals surface area (Å²) in [6.45, 7) is 0. The second kappa shape index (κ2) is 13.7. The summed E-state index contributed by atoms with van der Waals surface area (Å²) in [5.41, 5.74) is 15.5. The third-order valence-corrected chi connectivity index (χ3v) is 14.5. The van der Waals surface area contributed by atoms with E-state index in [1.165, 1.54) is 75.5 Å². The van der Waals surface area contributed by atoms with Gasteiger partial charge in [0.05, 0.1) is 11.1 Å². The van der Waals surface area contributed by atoms with E-state index in [1.54, 1.807) is 0 Å². The van der Waals surface area contributed by atoms with Gasteiger partial charge in [-0.25, -0.2) is 0 Å². The van der Waals surface area contributed by atoms with Crippen LogP contribution in [-0.4, -0.2) is 0 Å². The lowest BCUT2D eigenvalue weighted by molar-refractivity contribution is 0.811. The molecular formula is C59H38N2S. The molecule has 290 valence electrons. The molecule has 0 bridgehead atoms. The molecule has 1 aromatic heterocycles.